The van der Waals surface area contributed by atoms with Crippen LogP contribution in [-0.2, 0) is 23.6 Å². The number of carboxylic acid groups (broad SMARTS) is 1. The van der Waals surface area contributed by atoms with Gasteiger partial charge in [0.25, 0.3) is 0 Å². The first-order valence-corrected chi connectivity index (χ1v) is 7.59. The molecule has 0 radical (unpaired) electrons. The van der Waals surface area contributed by atoms with Crippen LogP contribution in [0.25, 0.3) is 0 Å². The lowest BCUT2D eigenvalue weighted by Crippen LogP contribution is -2.23. The van der Waals surface area contributed by atoms with E-state index in [1.165, 1.54) is 29.1 Å². The summed E-state index contributed by atoms with van der Waals surface area (Å²) in [5, 5.41) is 10.6. The van der Waals surface area contributed by atoms with Gasteiger partial charge < -0.3 is 9.67 Å². The van der Waals surface area contributed by atoms with Gasteiger partial charge in [0.2, 0.25) is 10.0 Å². The maximum absolute atomic E-state index is 12.0. The van der Waals surface area contributed by atoms with Gasteiger partial charge >= 0.3 is 5.97 Å². The molecule has 2 aromatic rings. The molecule has 2 heterocycles. The van der Waals surface area contributed by atoms with Gasteiger partial charge in [0.05, 0.1) is 17.7 Å². The first-order valence-electron chi connectivity index (χ1n) is 5.16. The predicted molar refractivity (Wildman–Crippen MR) is 68.5 cm³/mol. The van der Waals surface area contributed by atoms with Gasteiger partial charge in [-0.05, 0) is 6.07 Å². The van der Waals surface area contributed by atoms with Crippen LogP contribution in [0.3, 0.4) is 0 Å². The van der Waals surface area contributed by atoms with Crippen molar-refractivity contribution < 1.29 is 18.3 Å². The number of nitrogens with one attached hydrogen (secondary N) is 1. The van der Waals surface area contributed by atoms with Crippen molar-refractivity contribution in [2.24, 2.45) is 7.05 Å². The molecule has 0 unspecified atom stereocenters. The Hall–Kier alpha value is -1.71. The molecule has 0 bridgehead atoms. The van der Waals surface area contributed by atoms with Gasteiger partial charge in [0.1, 0.15) is 10.6 Å². The number of aromatic nitrogens is 2. The number of hydrogen-bond acceptors (Lipinski definition) is 5. The number of aromatic carboxylic acids is 1. The molecular formula is C10H11N3O4S2. The van der Waals surface area contributed by atoms with Gasteiger partial charge in [-0.15, -0.1) is 11.3 Å². The molecule has 0 aromatic carbocycles. The van der Waals surface area contributed by atoms with Gasteiger partial charge in [-0.3, -0.25) is 0 Å². The summed E-state index contributed by atoms with van der Waals surface area (Å²) in [6.07, 6.45) is 1.26. The molecule has 9 heteroatoms. The Bertz CT molecular complexity index is 688. The zero-order valence-electron chi connectivity index (χ0n) is 9.90. The van der Waals surface area contributed by atoms with Crippen LogP contribution in [0.15, 0.2) is 28.0 Å². The SMILES string of the molecule is Cn1cc(S(=O)(=O)NCc2cscn2)cc1C(=O)O. The van der Waals surface area contributed by atoms with Crippen LogP contribution >= 0.6 is 11.3 Å². The summed E-state index contributed by atoms with van der Waals surface area (Å²) in [7, 11) is -2.27. The lowest BCUT2D eigenvalue weighted by molar-refractivity contribution is 0.0686. The minimum Gasteiger partial charge on any atom is -0.477 e. The van der Waals surface area contributed by atoms with E-state index in [1.807, 2.05) is 0 Å². The summed E-state index contributed by atoms with van der Waals surface area (Å²) in [4.78, 5) is 14.7. The Kier molecular flexibility index (Phi) is 3.69. The smallest absolute Gasteiger partial charge is 0.352 e. The fraction of sp³-hybridized carbons (Fsp3) is 0.200. The van der Waals surface area contributed by atoms with Crippen molar-refractivity contribution in [3.8, 4) is 0 Å². The third-order valence-corrected chi connectivity index (χ3v) is 4.44. The maximum Gasteiger partial charge on any atom is 0.352 e. The third kappa shape index (κ3) is 3.00. The summed E-state index contributed by atoms with van der Waals surface area (Å²) >= 11 is 1.37. The average molecular weight is 301 g/mol. The molecule has 19 heavy (non-hydrogen) atoms. The van der Waals surface area contributed by atoms with Crippen LogP contribution in [0.1, 0.15) is 16.2 Å². The molecule has 0 aliphatic carbocycles. The molecule has 7 nitrogen and oxygen atoms in total. The van der Waals surface area contributed by atoms with Gasteiger partial charge in [-0.2, -0.15) is 0 Å². The van der Waals surface area contributed by atoms with Crippen molar-refractivity contribution in [1.82, 2.24) is 14.3 Å². The highest BCUT2D eigenvalue weighted by molar-refractivity contribution is 7.89. The van der Waals surface area contributed by atoms with Gasteiger partial charge in [0.15, 0.2) is 0 Å². The molecule has 0 amide bonds. The van der Waals surface area contributed by atoms with E-state index in [9.17, 15) is 13.2 Å². The average Bonchev–Trinajstić information content (AvgIpc) is 2.95. The Morgan fingerprint density at radius 3 is 2.84 bits per heavy atom. The molecule has 102 valence electrons. The van der Waals surface area contributed by atoms with Gasteiger partial charge in [-0.1, -0.05) is 0 Å². The lowest BCUT2D eigenvalue weighted by Gasteiger charge is -2.02. The largest absolute Gasteiger partial charge is 0.477 e. The molecule has 0 fully saturated rings. The molecule has 2 rings (SSSR count). The van der Waals surface area contributed by atoms with Crippen LogP contribution in [0, 0.1) is 0 Å². The second-order valence-electron chi connectivity index (χ2n) is 3.78. The van der Waals surface area contributed by atoms with Crippen LogP contribution in [0.5, 0.6) is 0 Å². The molecule has 2 N–H and O–H groups in total. The van der Waals surface area contributed by atoms with Crippen molar-refractivity contribution in [2.75, 3.05) is 0 Å². The van der Waals surface area contributed by atoms with E-state index in [-0.39, 0.29) is 17.1 Å². The van der Waals surface area contributed by atoms with Crippen molar-refractivity contribution in [3.05, 3.63) is 34.5 Å². The highest BCUT2D eigenvalue weighted by Gasteiger charge is 2.20. The Morgan fingerprint density at radius 2 is 2.32 bits per heavy atom. The molecule has 2 aromatic heterocycles. The number of carbonyl (C=O) groups is 1. The Morgan fingerprint density at radius 1 is 1.58 bits per heavy atom. The third-order valence-electron chi connectivity index (χ3n) is 2.44. The summed E-state index contributed by atoms with van der Waals surface area (Å²) in [5.74, 6) is -1.18. The van der Waals surface area contributed by atoms with E-state index in [2.05, 4.69) is 9.71 Å². The summed E-state index contributed by atoms with van der Waals surface area (Å²) in [6, 6.07) is 1.12. The van der Waals surface area contributed by atoms with Crippen molar-refractivity contribution in [1.29, 1.82) is 0 Å². The van der Waals surface area contributed by atoms with E-state index < -0.39 is 16.0 Å². The highest BCUT2D eigenvalue weighted by atomic mass is 32.2. The zero-order chi connectivity index (χ0) is 14.0. The first-order chi connectivity index (χ1) is 8.90. The fourth-order valence-electron chi connectivity index (χ4n) is 1.47. The van der Waals surface area contributed by atoms with E-state index in [4.69, 9.17) is 5.11 Å². The summed E-state index contributed by atoms with van der Waals surface area (Å²) in [5.41, 5.74) is 2.13. The fourth-order valence-corrected chi connectivity index (χ4v) is 3.10. The molecule has 0 saturated carbocycles. The molecule has 0 saturated heterocycles. The number of hydrogen-bond donors (Lipinski definition) is 2. The molecule has 0 aliphatic heterocycles. The topological polar surface area (TPSA) is 101 Å². The zero-order valence-corrected chi connectivity index (χ0v) is 11.5. The number of aryl methyl sites for hydroxylation is 1. The predicted octanol–water partition coefficient (Wildman–Crippen LogP) is 0.658. The van der Waals surface area contributed by atoms with Crippen molar-refractivity contribution >= 4 is 27.3 Å². The number of sulfonamides is 1. The Balaban J connectivity index is 2.20. The second kappa shape index (κ2) is 5.11. The number of thiazole rings is 1. The minimum atomic E-state index is -3.74. The standard InChI is InChI=1S/C10H11N3O4S2/c1-13-4-8(2-9(13)10(14)15)19(16,17)12-3-7-5-18-6-11-7/h2,4-6,12H,3H2,1H3,(H,14,15). The molecular weight excluding hydrogens is 290 g/mol. The van der Waals surface area contributed by atoms with Gasteiger partial charge in [0, 0.05) is 18.6 Å². The normalized spacial score (nSPS) is 11.6. The van der Waals surface area contributed by atoms with Crippen LogP contribution < -0.4 is 4.72 Å². The molecule has 0 spiro atoms. The maximum atomic E-state index is 12.0. The van der Waals surface area contributed by atoms with E-state index in [1.54, 1.807) is 10.9 Å². The molecule has 0 aliphatic rings. The van der Waals surface area contributed by atoms with Gasteiger partial charge in [-0.25, -0.2) is 22.9 Å². The number of carboxylic acids is 1. The summed E-state index contributed by atoms with van der Waals surface area (Å²) in [6.45, 7) is 0.0726. The first kappa shape index (κ1) is 13.7. The minimum absolute atomic E-state index is 0.0726. The second-order valence-corrected chi connectivity index (χ2v) is 6.27. The monoisotopic (exact) mass is 301 g/mol. The quantitative estimate of drug-likeness (QED) is 0.844. The van der Waals surface area contributed by atoms with Crippen molar-refractivity contribution in [2.45, 2.75) is 11.4 Å². The van der Waals surface area contributed by atoms with Crippen LogP contribution in [0.4, 0.5) is 0 Å². The van der Waals surface area contributed by atoms with E-state index in [0.717, 1.165) is 6.07 Å². The molecule has 0 atom stereocenters. The van der Waals surface area contributed by atoms with E-state index in [0.29, 0.717) is 5.69 Å². The van der Waals surface area contributed by atoms with Crippen LogP contribution in [0.2, 0.25) is 0 Å². The summed E-state index contributed by atoms with van der Waals surface area (Å²) < 4.78 is 27.6. The number of nitrogens with zero attached hydrogens (tertiary/aromatic N) is 2. The van der Waals surface area contributed by atoms with Crippen molar-refractivity contribution in [3.63, 3.8) is 0 Å². The Labute approximate surface area is 113 Å². The number of rotatable bonds is 5. The van der Waals surface area contributed by atoms with E-state index >= 15 is 0 Å². The van der Waals surface area contributed by atoms with Crippen LogP contribution in [-0.4, -0.2) is 29.0 Å². The lowest BCUT2D eigenvalue weighted by atomic mass is 10.4. The highest BCUT2D eigenvalue weighted by Crippen LogP contribution is 2.14.